The van der Waals surface area contributed by atoms with E-state index in [9.17, 15) is 0 Å². The molecule has 5 rings (SSSR count). The predicted molar refractivity (Wildman–Crippen MR) is 110 cm³/mol. The van der Waals surface area contributed by atoms with Crippen molar-refractivity contribution in [2.24, 2.45) is 0 Å². The van der Waals surface area contributed by atoms with Crippen molar-refractivity contribution in [3.8, 4) is 22.7 Å². The number of piperazine rings is 1. The molecule has 0 saturated carbocycles. The maximum absolute atomic E-state index is 6.02. The summed E-state index contributed by atoms with van der Waals surface area (Å²) < 4.78 is 11.4. The molecule has 4 aromatic rings. The molecule has 1 aliphatic heterocycles. The first-order valence-corrected chi connectivity index (χ1v) is 10.2. The van der Waals surface area contributed by atoms with Crippen LogP contribution in [-0.2, 0) is 6.54 Å². The second-order valence-corrected chi connectivity index (χ2v) is 7.49. The first-order chi connectivity index (χ1) is 14.8. The van der Waals surface area contributed by atoms with Crippen molar-refractivity contribution in [2.45, 2.75) is 13.5 Å². The molecule has 3 aromatic heterocycles. The van der Waals surface area contributed by atoms with Crippen LogP contribution in [0.5, 0.6) is 0 Å². The summed E-state index contributed by atoms with van der Waals surface area (Å²) in [5.41, 5.74) is 2.45. The van der Waals surface area contributed by atoms with Gasteiger partial charge in [-0.05, 0) is 13.0 Å². The van der Waals surface area contributed by atoms with Gasteiger partial charge in [0.1, 0.15) is 43.2 Å². The summed E-state index contributed by atoms with van der Waals surface area (Å²) in [7, 11) is 0. The van der Waals surface area contributed by atoms with Gasteiger partial charge in [0.2, 0.25) is 0 Å². The van der Waals surface area contributed by atoms with Gasteiger partial charge in [-0.3, -0.25) is 4.90 Å². The minimum absolute atomic E-state index is 0.458. The van der Waals surface area contributed by atoms with Gasteiger partial charge in [0, 0.05) is 11.6 Å². The molecular weight excluding hydrogens is 380 g/mol. The Bertz CT molecular complexity index is 1100. The van der Waals surface area contributed by atoms with Crippen molar-refractivity contribution < 1.29 is 18.8 Å². The highest BCUT2D eigenvalue weighted by molar-refractivity contribution is 5.77. The Kier molecular flexibility index (Phi) is 4.98. The molecule has 0 spiro atoms. The SMILES string of the molecule is Cc1onc(-c2ccccc2)c1-c1nnc(C[NH+]2CCN(c3cccc[nH+]3)CC2)o1. The Hall–Kier alpha value is -3.52. The number of benzene rings is 1. The molecular formula is C22H24N6O2+2. The van der Waals surface area contributed by atoms with Crippen LogP contribution >= 0.6 is 0 Å². The Morgan fingerprint density at radius 3 is 2.60 bits per heavy atom. The van der Waals surface area contributed by atoms with Gasteiger partial charge in [-0.15, -0.1) is 10.2 Å². The molecule has 8 heteroatoms. The lowest BCUT2D eigenvalue weighted by Crippen LogP contribution is -3.13. The van der Waals surface area contributed by atoms with Crippen molar-refractivity contribution in [3.63, 3.8) is 0 Å². The standard InChI is InChI=1S/C22H22N6O2/c1-16-20(21(26-30-16)17-7-3-2-4-8-17)22-25-24-19(29-22)15-27-11-13-28(14-12-27)18-9-5-6-10-23-18/h2-10H,11-15H2,1H3/p+2. The number of H-pyrrole nitrogens is 1. The van der Waals surface area contributed by atoms with E-state index in [-0.39, 0.29) is 0 Å². The quantitative estimate of drug-likeness (QED) is 0.541. The van der Waals surface area contributed by atoms with E-state index in [1.165, 1.54) is 4.90 Å². The van der Waals surface area contributed by atoms with Gasteiger partial charge in [-0.2, -0.15) is 0 Å². The Labute approximate surface area is 174 Å². The molecule has 0 amide bonds. The van der Waals surface area contributed by atoms with Crippen LogP contribution in [-0.4, -0.2) is 41.5 Å². The minimum atomic E-state index is 0.458. The largest absolute Gasteiger partial charge is 0.415 e. The summed E-state index contributed by atoms with van der Waals surface area (Å²) in [6.07, 6.45) is 1.96. The third kappa shape index (κ3) is 3.69. The molecule has 8 nitrogen and oxygen atoms in total. The molecule has 1 fully saturated rings. The lowest BCUT2D eigenvalue weighted by molar-refractivity contribution is -0.915. The van der Waals surface area contributed by atoms with E-state index >= 15 is 0 Å². The molecule has 1 aromatic carbocycles. The van der Waals surface area contributed by atoms with Crippen LogP contribution in [0, 0.1) is 6.92 Å². The Balaban J connectivity index is 1.28. The smallest absolute Gasteiger partial charge is 0.274 e. The van der Waals surface area contributed by atoms with Crippen LogP contribution < -0.4 is 14.8 Å². The van der Waals surface area contributed by atoms with E-state index in [1.807, 2.05) is 49.5 Å². The van der Waals surface area contributed by atoms with Crippen LogP contribution in [0.1, 0.15) is 11.7 Å². The van der Waals surface area contributed by atoms with Crippen molar-refractivity contribution >= 4 is 5.82 Å². The van der Waals surface area contributed by atoms with E-state index in [0.717, 1.165) is 48.8 Å². The van der Waals surface area contributed by atoms with Gasteiger partial charge in [0.25, 0.3) is 17.6 Å². The number of rotatable bonds is 5. The summed E-state index contributed by atoms with van der Waals surface area (Å²) in [6.45, 7) is 6.58. The second kappa shape index (κ2) is 8.08. The molecule has 152 valence electrons. The fraction of sp³-hybridized carbons (Fsp3) is 0.273. The molecule has 0 bridgehead atoms. The monoisotopic (exact) mass is 404 g/mol. The van der Waals surface area contributed by atoms with E-state index in [4.69, 9.17) is 8.94 Å². The highest BCUT2D eigenvalue weighted by atomic mass is 16.5. The predicted octanol–water partition coefficient (Wildman–Crippen LogP) is 1.42. The molecule has 0 unspecified atom stereocenters. The number of pyridine rings is 1. The highest BCUT2D eigenvalue weighted by Crippen LogP contribution is 2.33. The molecule has 0 atom stereocenters. The van der Waals surface area contributed by atoms with Gasteiger partial charge >= 0.3 is 0 Å². The van der Waals surface area contributed by atoms with Gasteiger partial charge in [-0.25, -0.2) is 4.98 Å². The summed E-state index contributed by atoms with van der Waals surface area (Å²) in [4.78, 5) is 7.11. The van der Waals surface area contributed by atoms with Crippen molar-refractivity contribution in [1.82, 2.24) is 15.4 Å². The van der Waals surface area contributed by atoms with Crippen molar-refractivity contribution in [2.75, 3.05) is 31.1 Å². The van der Waals surface area contributed by atoms with Gasteiger partial charge in [0.05, 0.1) is 6.20 Å². The maximum Gasteiger partial charge on any atom is 0.274 e. The second-order valence-electron chi connectivity index (χ2n) is 7.49. The number of hydrogen-bond acceptors (Lipinski definition) is 6. The Morgan fingerprint density at radius 1 is 1.03 bits per heavy atom. The zero-order valence-corrected chi connectivity index (χ0v) is 16.8. The van der Waals surface area contributed by atoms with Crippen LogP contribution in [0.4, 0.5) is 5.82 Å². The molecule has 2 N–H and O–H groups in total. The number of aryl methyl sites for hydroxylation is 1. The fourth-order valence-corrected chi connectivity index (χ4v) is 3.88. The average Bonchev–Trinajstić information content (AvgIpc) is 3.41. The first-order valence-electron chi connectivity index (χ1n) is 10.2. The van der Waals surface area contributed by atoms with E-state index in [2.05, 4.69) is 37.4 Å². The van der Waals surface area contributed by atoms with E-state index in [0.29, 0.717) is 24.1 Å². The lowest BCUT2D eigenvalue weighted by atomic mass is 10.1. The number of quaternary nitrogens is 1. The third-order valence-corrected chi connectivity index (χ3v) is 5.50. The summed E-state index contributed by atoms with van der Waals surface area (Å²) >= 11 is 0. The molecule has 1 aliphatic rings. The number of hydrogen-bond donors (Lipinski definition) is 1. The molecule has 1 saturated heterocycles. The molecule has 30 heavy (non-hydrogen) atoms. The third-order valence-electron chi connectivity index (χ3n) is 5.50. The normalized spacial score (nSPS) is 14.9. The zero-order chi connectivity index (χ0) is 20.3. The number of aromatic amines is 1. The lowest BCUT2D eigenvalue weighted by Gasteiger charge is -2.27. The summed E-state index contributed by atoms with van der Waals surface area (Å²) in [6, 6.07) is 16.1. The molecule has 4 heterocycles. The maximum atomic E-state index is 6.02. The van der Waals surface area contributed by atoms with Gasteiger partial charge in [-0.1, -0.05) is 41.6 Å². The van der Waals surface area contributed by atoms with Crippen LogP contribution in [0.25, 0.3) is 22.7 Å². The minimum Gasteiger partial charge on any atom is -0.415 e. The summed E-state index contributed by atoms with van der Waals surface area (Å²) in [5, 5.41) is 12.8. The molecule has 0 radical (unpaired) electrons. The number of nitrogens with zero attached hydrogens (tertiary/aromatic N) is 4. The number of aromatic nitrogens is 4. The highest BCUT2D eigenvalue weighted by Gasteiger charge is 2.28. The number of nitrogens with one attached hydrogen (secondary N) is 2. The van der Waals surface area contributed by atoms with Crippen LogP contribution in [0.15, 0.2) is 63.7 Å². The van der Waals surface area contributed by atoms with Crippen LogP contribution in [0.2, 0.25) is 0 Å². The first kappa shape index (κ1) is 18.5. The average molecular weight is 404 g/mol. The Morgan fingerprint density at radius 2 is 1.83 bits per heavy atom. The topological polar surface area (TPSA) is 86.8 Å². The fourth-order valence-electron chi connectivity index (χ4n) is 3.88. The van der Waals surface area contributed by atoms with Crippen LogP contribution in [0.3, 0.4) is 0 Å². The van der Waals surface area contributed by atoms with Gasteiger partial charge < -0.3 is 13.8 Å². The summed E-state index contributed by atoms with van der Waals surface area (Å²) in [5.74, 6) is 2.93. The van der Waals surface area contributed by atoms with Gasteiger partial charge in [0.15, 0.2) is 6.54 Å². The van der Waals surface area contributed by atoms with E-state index < -0.39 is 0 Å². The van der Waals surface area contributed by atoms with Crippen molar-refractivity contribution in [3.05, 3.63) is 66.4 Å². The van der Waals surface area contributed by atoms with E-state index in [1.54, 1.807) is 0 Å². The zero-order valence-electron chi connectivity index (χ0n) is 16.8. The number of anilines is 1. The van der Waals surface area contributed by atoms with Crippen molar-refractivity contribution in [1.29, 1.82) is 0 Å². The molecule has 0 aliphatic carbocycles.